The molecule has 2 aliphatic rings. The highest BCUT2D eigenvalue weighted by Crippen LogP contribution is 2.44. The molecule has 2 fully saturated rings. The standard InChI is InChI=1S/C27H35ClN4O5S/c1-31-17-29-16-24(31)27(33,19-6-10-32(11-7-19)38(3,34)35)20-4-5-23-21(15-20)25(28)22(26(30-23)36-2)14-18-8-12-37-13-9-18/h4-5,15-19,33H,6-14H2,1-3H3. The number of ether oxygens (including phenoxy) is 2. The maximum Gasteiger partial charge on any atom is 0.218 e. The fraction of sp³-hybridized carbons (Fsp3) is 0.556. The Labute approximate surface area is 228 Å². The number of aryl methyl sites for hydroxylation is 1. The topological polar surface area (TPSA) is 107 Å². The smallest absolute Gasteiger partial charge is 0.218 e. The quantitative estimate of drug-likeness (QED) is 0.469. The lowest BCUT2D eigenvalue weighted by atomic mass is 9.74. The number of imidazole rings is 1. The monoisotopic (exact) mass is 562 g/mol. The molecule has 0 bridgehead atoms. The van der Waals surface area contributed by atoms with Gasteiger partial charge >= 0.3 is 0 Å². The maximum absolute atomic E-state index is 12.5. The van der Waals surface area contributed by atoms with Gasteiger partial charge in [0.1, 0.15) is 5.60 Å². The zero-order valence-electron chi connectivity index (χ0n) is 22.1. The Morgan fingerprint density at radius 2 is 1.92 bits per heavy atom. The third-order valence-electron chi connectivity index (χ3n) is 8.17. The van der Waals surface area contributed by atoms with Gasteiger partial charge in [-0.05, 0) is 55.7 Å². The van der Waals surface area contributed by atoms with Crippen molar-refractivity contribution in [2.24, 2.45) is 18.9 Å². The predicted octanol–water partition coefficient (Wildman–Crippen LogP) is 3.51. The fourth-order valence-electron chi connectivity index (χ4n) is 5.99. The van der Waals surface area contributed by atoms with E-state index in [9.17, 15) is 13.5 Å². The lowest BCUT2D eigenvalue weighted by molar-refractivity contribution is -0.0109. The number of sulfonamides is 1. The maximum atomic E-state index is 12.5. The largest absolute Gasteiger partial charge is 0.481 e. The molecule has 5 rings (SSSR count). The molecule has 1 N–H and O–H groups in total. The Morgan fingerprint density at radius 1 is 1.21 bits per heavy atom. The Hall–Kier alpha value is -2.24. The Bertz CT molecular complexity index is 1410. The number of halogens is 1. The van der Waals surface area contributed by atoms with Crippen LogP contribution < -0.4 is 4.74 Å². The van der Waals surface area contributed by atoms with Crippen LogP contribution in [0, 0.1) is 11.8 Å². The summed E-state index contributed by atoms with van der Waals surface area (Å²) in [5.41, 5.74) is 1.49. The van der Waals surface area contributed by atoms with Gasteiger partial charge in [0.05, 0.1) is 42.1 Å². The second-order valence-corrected chi connectivity index (χ2v) is 12.9. The summed E-state index contributed by atoms with van der Waals surface area (Å²) in [5.74, 6) is 0.737. The number of fused-ring (bicyclic) bond motifs is 1. The first-order valence-electron chi connectivity index (χ1n) is 13.0. The van der Waals surface area contributed by atoms with Crippen LogP contribution in [0.5, 0.6) is 5.88 Å². The lowest BCUT2D eigenvalue weighted by Crippen LogP contribution is -2.46. The summed E-state index contributed by atoms with van der Waals surface area (Å²) < 4.78 is 38.7. The zero-order valence-corrected chi connectivity index (χ0v) is 23.6. The van der Waals surface area contributed by atoms with Gasteiger partial charge in [0, 0.05) is 50.2 Å². The highest BCUT2D eigenvalue weighted by molar-refractivity contribution is 7.88. The number of aliphatic hydroxyl groups is 1. The van der Waals surface area contributed by atoms with Crippen molar-refractivity contribution in [1.82, 2.24) is 18.8 Å². The van der Waals surface area contributed by atoms with Gasteiger partial charge in [-0.2, -0.15) is 0 Å². The van der Waals surface area contributed by atoms with E-state index in [-0.39, 0.29) is 5.92 Å². The molecule has 3 aromatic rings. The van der Waals surface area contributed by atoms with Gasteiger partial charge < -0.3 is 19.1 Å². The van der Waals surface area contributed by atoms with E-state index in [1.165, 1.54) is 10.6 Å². The van der Waals surface area contributed by atoms with Gasteiger partial charge in [-0.25, -0.2) is 22.7 Å². The van der Waals surface area contributed by atoms with Crippen LogP contribution in [0.4, 0.5) is 0 Å². The molecule has 1 aromatic carbocycles. The minimum Gasteiger partial charge on any atom is -0.481 e. The Kier molecular flexibility index (Phi) is 7.72. The third kappa shape index (κ3) is 5.04. The highest BCUT2D eigenvalue weighted by Gasteiger charge is 2.44. The third-order valence-corrected chi connectivity index (χ3v) is 9.90. The zero-order chi connectivity index (χ0) is 27.1. The molecule has 1 atom stereocenters. The summed E-state index contributed by atoms with van der Waals surface area (Å²) in [6.45, 7) is 2.19. The van der Waals surface area contributed by atoms with Gasteiger partial charge in [-0.15, -0.1) is 0 Å². The number of benzene rings is 1. The number of hydrogen-bond donors (Lipinski definition) is 1. The van der Waals surface area contributed by atoms with Crippen molar-refractivity contribution in [2.45, 2.75) is 37.7 Å². The van der Waals surface area contributed by atoms with Crippen LogP contribution in [-0.2, 0) is 33.8 Å². The summed E-state index contributed by atoms with van der Waals surface area (Å²) in [7, 11) is 0.169. The summed E-state index contributed by atoms with van der Waals surface area (Å²) in [5, 5.41) is 13.8. The van der Waals surface area contributed by atoms with E-state index in [1.807, 2.05) is 29.8 Å². The lowest BCUT2D eigenvalue weighted by Gasteiger charge is -2.41. The normalized spacial score (nSPS) is 20.0. The average Bonchev–Trinajstić information content (AvgIpc) is 3.36. The highest BCUT2D eigenvalue weighted by atomic mass is 35.5. The van der Waals surface area contributed by atoms with Gasteiger partial charge in [-0.1, -0.05) is 17.7 Å². The fourth-order valence-corrected chi connectivity index (χ4v) is 7.17. The molecule has 0 saturated carbocycles. The number of aromatic nitrogens is 3. The molecule has 206 valence electrons. The van der Waals surface area contributed by atoms with E-state index >= 15 is 0 Å². The van der Waals surface area contributed by atoms with E-state index in [0.29, 0.717) is 59.5 Å². The molecule has 38 heavy (non-hydrogen) atoms. The molecule has 9 nitrogen and oxygen atoms in total. The second-order valence-electron chi connectivity index (χ2n) is 10.5. The van der Waals surface area contributed by atoms with Crippen LogP contribution in [0.3, 0.4) is 0 Å². The molecule has 0 aliphatic carbocycles. The Balaban J connectivity index is 1.58. The second kappa shape index (κ2) is 10.7. The van der Waals surface area contributed by atoms with E-state index in [1.54, 1.807) is 19.6 Å². The molecule has 2 saturated heterocycles. The van der Waals surface area contributed by atoms with Crippen molar-refractivity contribution in [1.29, 1.82) is 0 Å². The van der Waals surface area contributed by atoms with Crippen LogP contribution in [0.1, 0.15) is 42.5 Å². The van der Waals surface area contributed by atoms with Gasteiger partial charge in [0.2, 0.25) is 15.9 Å². The molecule has 2 aliphatic heterocycles. The predicted molar refractivity (Wildman–Crippen MR) is 146 cm³/mol. The summed E-state index contributed by atoms with van der Waals surface area (Å²) in [6, 6.07) is 5.66. The number of pyridine rings is 1. The first kappa shape index (κ1) is 27.3. The number of rotatable bonds is 7. The van der Waals surface area contributed by atoms with Gasteiger partial charge in [0.25, 0.3) is 0 Å². The molecular formula is C27H35ClN4O5S. The van der Waals surface area contributed by atoms with Crippen molar-refractivity contribution >= 4 is 32.5 Å². The summed E-state index contributed by atoms with van der Waals surface area (Å²) in [4.78, 5) is 9.04. The number of nitrogens with zero attached hydrogens (tertiary/aromatic N) is 4. The molecule has 2 aromatic heterocycles. The van der Waals surface area contributed by atoms with Crippen LogP contribution in [-0.4, -0.2) is 72.0 Å². The van der Waals surface area contributed by atoms with Crippen LogP contribution in [0.15, 0.2) is 30.7 Å². The van der Waals surface area contributed by atoms with E-state index in [0.717, 1.165) is 43.4 Å². The number of piperidine rings is 1. The molecule has 0 radical (unpaired) electrons. The van der Waals surface area contributed by atoms with Crippen LogP contribution in [0.25, 0.3) is 10.9 Å². The summed E-state index contributed by atoms with van der Waals surface area (Å²) >= 11 is 7.05. The van der Waals surface area contributed by atoms with Gasteiger partial charge in [0.15, 0.2) is 0 Å². The van der Waals surface area contributed by atoms with E-state index < -0.39 is 15.6 Å². The van der Waals surface area contributed by atoms with Crippen molar-refractivity contribution in [3.63, 3.8) is 0 Å². The number of hydrogen-bond acceptors (Lipinski definition) is 7. The first-order valence-corrected chi connectivity index (χ1v) is 15.2. The van der Waals surface area contributed by atoms with Crippen molar-refractivity contribution in [3.8, 4) is 5.88 Å². The number of methoxy groups -OCH3 is 1. The minimum absolute atomic E-state index is 0.222. The average molecular weight is 563 g/mol. The van der Waals surface area contributed by atoms with E-state index in [4.69, 9.17) is 26.1 Å². The van der Waals surface area contributed by atoms with Crippen LogP contribution in [0.2, 0.25) is 5.02 Å². The SMILES string of the molecule is COc1nc2ccc(C(O)(c3cncn3C)C3CCN(S(C)(=O)=O)CC3)cc2c(Cl)c1CC1CCOCC1. The van der Waals surface area contributed by atoms with Crippen molar-refractivity contribution in [2.75, 3.05) is 39.7 Å². The van der Waals surface area contributed by atoms with Gasteiger partial charge in [-0.3, -0.25) is 0 Å². The molecule has 4 heterocycles. The molecule has 0 amide bonds. The van der Waals surface area contributed by atoms with Crippen molar-refractivity contribution < 1.29 is 23.0 Å². The van der Waals surface area contributed by atoms with E-state index in [2.05, 4.69) is 4.98 Å². The first-order chi connectivity index (χ1) is 18.1. The Morgan fingerprint density at radius 3 is 2.53 bits per heavy atom. The van der Waals surface area contributed by atoms with Crippen LogP contribution >= 0.6 is 11.6 Å². The molecular weight excluding hydrogens is 528 g/mol. The summed E-state index contributed by atoms with van der Waals surface area (Å²) in [6.07, 6.45) is 8.26. The minimum atomic E-state index is -3.29. The molecule has 0 spiro atoms. The van der Waals surface area contributed by atoms with Crippen molar-refractivity contribution in [3.05, 3.63) is 52.6 Å². The molecule has 1 unspecified atom stereocenters. The molecule has 11 heteroatoms.